The molecule has 2 N–H and O–H groups in total. The SMILES string of the molecule is COc1cccc(F)c1-c1nc(=S)[nH][nH]1. The van der Waals surface area contributed by atoms with Crippen LogP contribution in [0.3, 0.4) is 0 Å². The normalized spacial score (nSPS) is 10.3. The molecule has 1 aromatic heterocycles. The second-order valence-electron chi connectivity index (χ2n) is 2.83. The lowest BCUT2D eigenvalue weighted by Crippen LogP contribution is -1.92. The summed E-state index contributed by atoms with van der Waals surface area (Å²) in [5.74, 6) is 0.329. The van der Waals surface area contributed by atoms with Gasteiger partial charge >= 0.3 is 0 Å². The highest BCUT2D eigenvalue weighted by Gasteiger charge is 2.13. The van der Waals surface area contributed by atoms with E-state index in [1.807, 2.05) is 0 Å². The molecular weight excluding hydrogens is 217 g/mol. The largest absolute Gasteiger partial charge is 0.496 e. The van der Waals surface area contributed by atoms with Gasteiger partial charge in [0.1, 0.15) is 11.6 Å². The lowest BCUT2D eigenvalue weighted by Gasteiger charge is -2.05. The van der Waals surface area contributed by atoms with Crippen LogP contribution in [0.4, 0.5) is 4.39 Å². The first-order chi connectivity index (χ1) is 7.22. The first-order valence-electron chi connectivity index (χ1n) is 4.20. The Balaban J connectivity index is 2.65. The van der Waals surface area contributed by atoms with Crippen molar-refractivity contribution in [2.45, 2.75) is 0 Å². The quantitative estimate of drug-likeness (QED) is 0.771. The summed E-state index contributed by atoms with van der Waals surface area (Å²) in [6.07, 6.45) is 0. The fourth-order valence-corrected chi connectivity index (χ4v) is 1.44. The van der Waals surface area contributed by atoms with Crippen LogP contribution in [0, 0.1) is 10.6 Å². The van der Waals surface area contributed by atoms with Crippen LogP contribution in [0.2, 0.25) is 0 Å². The number of benzene rings is 1. The van der Waals surface area contributed by atoms with E-state index in [9.17, 15) is 4.39 Å². The Morgan fingerprint density at radius 1 is 1.40 bits per heavy atom. The summed E-state index contributed by atoms with van der Waals surface area (Å²) < 4.78 is 18.9. The van der Waals surface area contributed by atoms with Crippen molar-refractivity contribution in [3.8, 4) is 17.1 Å². The van der Waals surface area contributed by atoms with Gasteiger partial charge in [0, 0.05) is 0 Å². The molecule has 2 aromatic rings. The fourth-order valence-electron chi connectivity index (χ4n) is 1.29. The molecule has 78 valence electrons. The molecule has 2 rings (SSSR count). The number of H-pyrrole nitrogens is 2. The highest BCUT2D eigenvalue weighted by atomic mass is 32.1. The van der Waals surface area contributed by atoms with Crippen LogP contribution in [-0.2, 0) is 0 Å². The molecule has 0 aliphatic rings. The summed E-state index contributed by atoms with van der Waals surface area (Å²) >= 11 is 4.79. The van der Waals surface area contributed by atoms with Crippen molar-refractivity contribution in [3.05, 3.63) is 28.8 Å². The van der Waals surface area contributed by atoms with Gasteiger partial charge in [0.15, 0.2) is 5.82 Å². The van der Waals surface area contributed by atoms with E-state index in [-0.39, 0.29) is 10.3 Å². The summed E-state index contributed by atoms with van der Waals surface area (Å²) in [6, 6.07) is 4.56. The number of aromatic nitrogens is 3. The maximum atomic E-state index is 13.5. The number of rotatable bonds is 2. The molecule has 0 unspecified atom stereocenters. The number of ether oxygens (including phenoxy) is 1. The van der Waals surface area contributed by atoms with E-state index in [1.54, 1.807) is 12.1 Å². The Morgan fingerprint density at radius 2 is 2.20 bits per heavy atom. The lowest BCUT2D eigenvalue weighted by atomic mass is 10.2. The first-order valence-corrected chi connectivity index (χ1v) is 4.60. The van der Waals surface area contributed by atoms with E-state index in [1.165, 1.54) is 13.2 Å². The number of methoxy groups -OCH3 is 1. The average Bonchev–Trinajstić information content (AvgIpc) is 2.64. The second-order valence-corrected chi connectivity index (χ2v) is 3.22. The number of nitrogens with one attached hydrogen (secondary N) is 2. The number of hydrogen-bond donors (Lipinski definition) is 2. The van der Waals surface area contributed by atoms with Crippen molar-refractivity contribution < 1.29 is 9.13 Å². The van der Waals surface area contributed by atoms with Gasteiger partial charge in [0.05, 0.1) is 12.7 Å². The highest BCUT2D eigenvalue weighted by molar-refractivity contribution is 7.71. The zero-order valence-corrected chi connectivity index (χ0v) is 8.69. The van der Waals surface area contributed by atoms with E-state index in [4.69, 9.17) is 17.0 Å². The molecular formula is C9H8FN3OS. The highest BCUT2D eigenvalue weighted by Crippen LogP contribution is 2.29. The molecule has 1 aromatic carbocycles. The molecule has 0 bridgehead atoms. The Kier molecular flexibility index (Phi) is 2.51. The molecule has 0 fully saturated rings. The summed E-state index contributed by atoms with van der Waals surface area (Å²) in [7, 11) is 1.47. The number of halogens is 1. The van der Waals surface area contributed by atoms with Crippen molar-refractivity contribution in [2.24, 2.45) is 0 Å². The van der Waals surface area contributed by atoms with Crippen LogP contribution in [0.25, 0.3) is 11.4 Å². The molecule has 0 aliphatic heterocycles. The Morgan fingerprint density at radius 3 is 2.80 bits per heavy atom. The van der Waals surface area contributed by atoms with Gasteiger partial charge in [-0.05, 0) is 24.4 Å². The predicted molar refractivity (Wildman–Crippen MR) is 55.7 cm³/mol. The summed E-state index contributed by atoms with van der Waals surface area (Å²) in [5.41, 5.74) is 0.271. The minimum atomic E-state index is -0.410. The van der Waals surface area contributed by atoms with Crippen LogP contribution >= 0.6 is 12.2 Å². The third-order valence-corrected chi connectivity index (χ3v) is 2.13. The van der Waals surface area contributed by atoms with Crippen LogP contribution in [-0.4, -0.2) is 22.3 Å². The van der Waals surface area contributed by atoms with E-state index in [2.05, 4.69) is 15.2 Å². The predicted octanol–water partition coefficient (Wildman–Crippen LogP) is 2.28. The third-order valence-electron chi connectivity index (χ3n) is 1.93. The van der Waals surface area contributed by atoms with Crippen LogP contribution in [0.5, 0.6) is 5.75 Å². The van der Waals surface area contributed by atoms with E-state index < -0.39 is 5.82 Å². The van der Waals surface area contributed by atoms with Crippen molar-refractivity contribution in [2.75, 3.05) is 7.11 Å². The molecule has 0 amide bonds. The van der Waals surface area contributed by atoms with E-state index >= 15 is 0 Å². The van der Waals surface area contributed by atoms with Gasteiger partial charge in [-0.3, -0.25) is 10.2 Å². The molecule has 15 heavy (non-hydrogen) atoms. The molecule has 0 saturated carbocycles. The third kappa shape index (κ3) is 1.75. The molecule has 0 radical (unpaired) electrons. The molecule has 0 aliphatic carbocycles. The van der Waals surface area contributed by atoms with Gasteiger partial charge < -0.3 is 4.74 Å². The van der Waals surface area contributed by atoms with Crippen LogP contribution < -0.4 is 4.74 Å². The smallest absolute Gasteiger partial charge is 0.213 e. The lowest BCUT2D eigenvalue weighted by molar-refractivity contribution is 0.413. The molecule has 6 heteroatoms. The molecule has 0 atom stereocenters. The maximum Gasteiger partial charge on any atom is 0.213 e. The van der Waals surface area contributed by atoms with Gasteiger partial charge in [-0.25, -0.2) is 4.39 Å². The first kappa shape index (κ1) is 9.85. The van der Waals surface area contributed by atoms with Crippen molar-refractivity contribution in [3.63, 3.8) is 0 Å². The minimum absolute atomic E-state index is 0.271. The molecule has 4 nitrogen and oxygen atoms in total. The van der Waals surface area contributed by atoms with Crippen molar-refractivity contribution in [1.29, 1.82) is 0 Å². The Bertz CT molecular complexity index is 534. The van der Waals surface area contributed by atoms with Gasteiger partial charge in [0.2, 0.25) is 4.77 Å². The van der Waals surface area contributed by atoms with Gasteiger partial charge in [0.25, 0.3) is 0 Å². The van der Waals surface area contributed by atoms with E-state index in [0.717, 1.165) is 0 Å². The zero-order chi connectivity index (χ0) is 10.8. The Labute approximate surface area is 90.1 Å². The van der Waals surface area contributed by atoms with E-state index in [0.29, 0.717) is 11.6 Å². The van der Waals surface area contributed by atoms with Crippen molar-refractivity contribution >= 4 is 12.2 Å². The number of nitrogens with zero attached hydrogens (tertiary/aromatic N) is 1. The molecule has 0 spiro atoms. The summed E-state index contributed by atoms with van der Waals surface area (Å²) in [4.78, 5) is 3.93. The van der Waals surface area contributed by atoms with Crippen LogP contribution in [0.1, 0.15) is 0 Å². The minimum Gasteiger partial charge on any atom is -0.496 e. The molecule has 1 heterocycles. The summed E-state index contributed by atoms with van der Waals surface area (Å²) in [6.45, 7) is 0. The van der Waals surface area contributed by atoms with Gasteiger partial charge in [-0.15, -0.1) is 0 Å². The maximum absolute atomic E-state index is 13.5. The zero-order valence-electron chi connectivity index (χ0n) is 7.87. The average molecular weight is 225 g/mol. The van der Waals surface area contributed by atoms with Crippen molar-refractivity contribution in [1.82, 2.24) is 15.2 Å². The molecule has 0 saturated heterocycles. The van der Waals surface area contributed by atoms with Gasteiger partial charge in [-0.1, -0.05) is 6.07 Å². The number of hydrogen-bond acceptors (Lipinski definition) is 3. The van der Waals surface area contributed by atoms with Gasteiger partial charge in [-0.2, -0.15) is 4.98 Å². The monoisotopic (exact) mass is 225 g/mol. The topological polar surface area (TPSA) is 53.7 Å². The Hall–Kier alpha value is -1.69. The summed E-state index contributed by atoms with van der Waals surface area (Å²) in [5, 5.41) is 5.28. The number of aromatic amines is 2. The standard InChI is InChI=1S/C9H8FN3OS/c1-14-6-4-2-3-5(10)7(6)8-11-9(15)13-12-8/h2-4H,1H3,(H2,11,12,13,15). The fraction of sp³-hybridized carbons (Fsp3) is 0.111. The second kappa shape index (κ2) is 3.82. The van der Waals surface area contributed by atoms with Crippen LogP contribution in [0.15, 0.2) is 18.2 Å².